The maximum atomic E-state index is 3.79. The number of hydrogen-bond acceptors (Lipinski definition) is 2. The molecule has 2 nitrogen and oxygen atoms in total. The van der Waals surface area contributed by atoms with Crippen molar-refractivity contribution in [2.45, 2.75) is 0 Å². The predicted octanol–water partition coefficient (Wildman–Crippen LogP) is 1.32. The summed E-state index contributed by atoms with van der Waals surface area (Å²) in [5.74, 6) is 0. The fourth-order valence-corrected chi connectivity index (χ4v) is 0.422. The highest BCUT2D eigenvalue weighted by atomic mass is 15.0. The molecule has 0 aliphatic heterocycles. The summed E-state index contributed by atoms with van der Waals surface area (Å²) >= 11 is 0. The minimum absolute atomic E-state index is 1.75. The summed E-state index contributed by atoms with van der Waals surface area (Å²) in [4.78, 5) is 5.77. The van der Waals surface area contributed by atoms with E-state index < -0.39 is 0 Å². The first kappa shape index (κ1) is 8.95. The fraction of sp³-hybridized carbons (Fsp3) is 0.375. The first-order chi connectivity index (χ1) is 4.77. The van der Waals surface area contributed by atoms with E-state index >= 15 is 0 Å². The lowest BCUT2D eigenvalue weighted by molar-refractivity contribution is 0.564. The maximum Gasteiger partial charge on any atom is 0.0277 e. The van der Waals surface area contributed by atoms with Gasteiger partial charge in [0.05, 0.1) is 0 Å². The van der Waals surface area contributed by atoms with Gasteiger partial charge in [0.1, 0.15) is 0 Å². The first-order valence-corrected chi connectivity index (χ1v) is 3.19. The van der Waals surface area contributed by atoms with Gasteiger partial charge < -0.3 is 4.90 Å². The number of aliphatic imine (C=N–C) groups is 1. The zero-order chi connectivity index (χ0) is 7.82. The van der Waals surface area contributed by atoms with Crippen LogP contribution in [0.5, 0.6) is 0 Å². The molecule has 0 rings (SSSR count). The zero-order valence-electron chi connectivity index (χ0n) is 6.78. The summed E-state index contributed by atoms with van der Waals surface area (Å²) in [6.45, 7) is 0. The maximum absolute atomic E-state index is 3.79. The molecular weight excluding hydrogens is 124 g/mol. The van der Waals surface area contributed by atoms with Gasteiger partial charge in [-0.2, -0.15) is 0 Å². The minimum Gasteiger partial charge on any atom is -0.383 e. The van der Waals surface area contributed by atoms with Gasteiger partial charge in [-0.05, 0) is 18.4 Å². The van der Waals surface area contributed by atoms with Gasteiger partial charge in [-0.1, -0.05) is 6.08 Å². The second-order valence-corrected chi connectivity index (χ2v) is 2.10. The Morgan fingerprint density at radius 2 is 1.80 bits per heavy atom. The second kappa shape index (κ2) is 6.08. The lowest BCUT2D eigenvalue weighted by Crippen LogP contribution is -1.99. The van der Waals surface area contributed by atoms with Gasteiger partial charge in [0.15, 0.2) is 0 Å². The van der Waals surface area contributed by atoms with E-state index in [1.165, 1.54) is 0 Å². The van der Waals surface area contributed by atoms with Crippen molar-refractivity contribution in [2.24, 2.45) is 4.99 Å². The monoisotopic (exact) mass is 138 g/mol. The van der Waals surface area contributed by atoms with Crippen molar-refractivity contribution >= 4 is 6.21 Å². The molecule has 56 valence electrons. The number of hydrogen-bond donors (Lipinski definition) is 0. The molecule has 0 spiro atoms. The Hall–Kier alpha value is -1.05. The van der Waals surface area contributed by atoms with E-state index in [9.17, 15) is 0 Å². The summed E-state index contributed by atoms with van der Waals surface area (Å²) in [5, 5.41) is 0. The van der Waals surface area contributed by atoms with Crippen LogP contribution in [0.1, 0.15) is 0 Å². The van der Waals surface area contributed by atoms with E-state index in [4.69, 9.17) is 0 Å². The van der Waals surface area contributed by atoms with Crippen molar-refractivity contribution in [1.29, 1.82) is 0 Å². The van der Waals surface area contributed by atoms with E-state index in [2.05, 4.69) is 4.99 Å². The van der Waals surface area contributed by atoms with Gasteiger partial charge >= 0.3 is 0 Å². The molecule has 0 unspecified atom stereocenters. The highest BCUT2D eigenvalue weighted by molar-refractivity contribution is 5.71. The van der Waals surface area contributed by atoms with E-state index in [1.54, 1.807) is 13.3 Å². The predicted molar refractivity (Wildman–Crippen MR) is 46.4 cm³/mol. The molecule has 0 saturated heterocycles. The van der Waals surface area contributed by atoms with Gasteiger partial charge in [0.2, 0.25) is 0 Å². The number of nitrogens with zero attached hydrogens (tertiary/aromatic N) is 2. The lowest BCUT2D eigenvalue weighted by atomic mass is 10.5. The van der Waals surface area contributed by atoms with Crippen LogP contribution < -0.4 is 0 Å². The molecule has 0 aliphatic carbocycles. The van der Waals surface area contributed by atoms with E-state index in [0.29, 0.717) is 0 Å². The highest BCUT2D eigenvalue weighted by Crippen LogP contribution is 1.78. The van der Waals surface area contributed by atoms with Crippen LogP contribution in [-0.4, -0.2) is 32.3 Å². The molecule has 0 amide bonds. The van der Waals surface area contributed by atoms with Crippen LogP contribution >= 0.6 is 0 Å². The summed E-state index contributed by atoms with van der Waals surface area (Å²) in [6, 6.07) is 0. The Kier molecular flexibility index (Phi) is 5.44. The third-order valence-corrected chi connectivity index (χ3v) is 0.842. The van der Waals surface area contributed by atoms with Crippen LogP contribution in [0.15, 0.2) is 29.4 Å². The van der Waals surface area contributed by atoms with Gasteiger partial charge in [-0.3, -0.25) is 4.99 Å². The summed E-state index contributed by atoms with van der Waals surface area (Å²) in [6.07, 6.45) is 9.51. The fourth-order valence-electron chi connectivity index (χ4n) is 0.422. The molecule has 0 aromatic rings. The summed E-state index contributed by atoms with van der Waals surface area (Å²) in [5.41, 5.74) is 0. The van der Waals surface area contributed by atoms with Crippen LogP contribution in [-0.2, 0) is 0 Å². The molecule has 0 saturated carbocycles. The molecular formula is C8H14N2. The largest absolute Gasteiger partial charge is 0.383 e. The topological polar surface area (TPSA) is 15.6 Å². The van der Waals surface area contributed by atoms with Crippen LogP contribution in [0.4, 0.5) is 0 Å². The SMILES string of the molecule is C/N=C/C=C\C=C/N(C)C. The minimum atomic E-state index is 1.75. The number of allylic oxidation sites excluding steroid dienone is 3. The molecule has 0 radical (unpaired) electrons. The molecule has 0 N–H and O–H groups in total. The summed E-state index contributed by atoms with van der Waals surface area (Å²) in [7, 11) is 5.72. The zero-order valence-corrected chi connectivity index (χ0v) is 6.78. The van der Waals surface area contributed by atoms with Gasteiger partial charge in [-0.15, -0.1) is 0 Å². The van der Waals surface area contributed by atoms with Crippen molar-refractivity contribution in [3.8, 4) is 0 Å². The van der Waals surface area contributed by atoms with E-state index in [1.807, 2.05) is 43.4 Å². The quantitative estimate of drug-likeness (QED) is 0.424. The van der Waals surface area contributed by atoms with Crippen molar-refractivity contribution in [2.75, 3.05) is 21.1 Å². The average molecular weight is 138 g/mol. The highest BCUT2D eigenvalue weighted by Gasteiger charge is 1.69. The molecule has 0 bridgehead atoms. The molecule has 0 aliphatic rings. The molecule has 0 aromatic heterocycles. The Labute approximate surface area is 62.6 Å². The second-order valence-electron chi connectivity index (χ2n) is 2.10. The van der Waals surface area contributed by atoms with Crippen LogP contribution in [0.2, 0.25) is 0 Å². The van der Waals surface area contributed by atoms with Gasteiger partial charge in [0, 0.05) is 27.4 Å². The van der Waals surface area contributed by atoms with Crippen LogP contribution in [0.25, 0.3) is 0 Å². The average Bonchev–Trinajstić information content (AvgIpc) is 1.87. The standard InChI is InChI=1S/C8H14N2/c1-9-7-5-4-6-8-10(2)3/h4-8H,1-3H3/b5-4-,8-6-,9-7+. The number of rotatable bonds is 3. The molecule has 0 aromatic carbocycles. The third-order valence-electron chi connectivity index (χ3n) is 0.842. The third kappa shape index (κ3) is 6.95. The Bertz CT molecular complexity index is 143. The van der Waals surface area contributed by atoms with E-state index in [0.717, 1.165) is 0 Å². The smallest absolute Gasteiger partial charge is 0.0277 e. The Morgan fingerprint density at radius 1 is 1.10 bits per heavy atom. The Morgan fingerprint density at radius 3 is 2.30 bits per heavy atom. The molecule has 0 fully saturated rings. The van der Waals surface area contributed by atoms with Crippen molar-refractivity contribution in [3.63, 3.8) is 0 Å². The van der Waals surface area contributed by atoms with Gasteiger partial charge in [-0.25, -0.2) is 0 Å². The van der Waals surface area contributed by atoms with Crippen molar-refractivity contribution in [3.05, 3.63) is 24.4 Å². The molecule has 0 heterocycles. The molecule has 2 heteroatoms. The van der Waals surface area contributed by atoms with Crippen LogP contribution in [0.3, 0.4) is 0 Å². The van der Waals surface area contributed by atoms with Crippen molar-refractivity contribution < 1.29 is 0 Å². The van der Waals surface area contributed by atoms with Gasteiger partial charge in [0.25, 0.3) is 0 Å². The molecule has 0 atom stereocenters. The lowest BCUT2D eigenvalue weighted by Gasteiger charge is -2.00. The first-order valence-electron chi connectivity index (χ1n) is 3.19. The summed E-state index contributed by atoms with van der Waals surface area (Å²) < 4.78 is 0. The van der Waals surface area contributed by atoms with E-state index in [-0.39, 0.29) is 0 Å². The molecule has 10 heavy (non-hydrogen) atoms. The normalized spacial score (nSPS) is 12.3. The van der Waals surface area contributed by atoms with Crippen molar-refractivity contribution in [1.82, 2.24) is 4.90 Å². The Balaban J connectivity index is 3.51. The van der Waals surface area contributed by atoms with Crippen LogP contribution in [0, 0.1) is 0 Å².